The average molecular weight is 683 g/mol. The standard InChI is InChI=1S/C44H30N2O4S/c1-25-40(47)38(42(49)43(50)41(25)48)44-45-39-34-21-20-33-31(32(34)22-23-37(39)51-44)15-9-17-36(33)46(29-12-3-2-4-13-29)35-16-8-7-14-30(35)28-19-18-26-10-5-6-11-27(26)24-28/h2-24,47-50H,1H3. The van der Waals surface area contributed by atoms with Crippen molar-refractivity contribution in [3.05, 3.63) is 145 Å². The SMILES string of the molecule is Cc1c(O)c(O)c(O)c(-c2nc3c(ccc4c5cccc(N(c6ccccc6)c6ccccc6-c6ccc7ccccc7c6)c5ccc43)s2)c1O. The third-order valence-electron chi connectivity index (χ3n) is 9.70. The van der Waals surface area contributed by atoms with Crippen LogP contribution in [0.3, 0.4) is 0 Å². The first kappa shape index (κ1) is 30.5. The highest BCUT2D eigenvalue weighted by Crippen LogP contribution is 2.53. The Bertz CT molecular complexity index is 2800. The van der Waals surface area contributed by atoms with Crippen molar-refractivity contribution >= 4 is 70.9 Å². The smallest absolute Gasteiger partial charge is 0.201 e. The molecular formula is C44H30N2O4S. The lowest BCUT2D eigenvalue weighted by molar-refractivity contribution is 0.360. The Kier molecular flexibility index (Phi) is 7.05. The molecule has 7 heteroatoms. The number of hydrogen-bond acceptors (Lipinski definition) is 7. The second-order valence-corrected chi connectivity index (χ2v) is 13.6. The number of phenolic OH excluding ortho intramolecular Hbond substituents is 4. The minimum Gasteiger partial charge on any atom is -0.507 e. The largest absolute Gasteiger partial charge is 0.507 e. The van der Waals surface area contributed by atoms with Crippen molar-refractivity contribution in [3.63, 3.8) is 0 Å². The summed E-state index contributed by atoms with van der Waals surface area (Å²) in [6, 6.07) is 48.6. The summed E-state index contributed by atoms with van der Waals surface area (Å²) in [7, 11) is 0. The van der Waals surface area contributed by atoms with E-state index in [1.165, 1.54) is 29.0 Å². The molecule has 0 radical (unpaired) electrons. The van der Waals surface area contributed by atoms with E-state index in [0.717, 1.165) is 54.4 Å². The molecular weight excluding hydrogens is 653 g/mol. The van der Waals surface area contributed by atoms with Gasteiger partial charge >= 0.3 is 0 Å². The van der Waals surface area contributed by atoms with Gasteiger partial charge in [-0.2, -0.15) is 0 Å². The lowest BCUT2D eigenvalue weighted by Crippen LogP contribution is -2.11. The molecule has 246 valence electrons. The van der Waals surface area contributed by atoms with E-state index >= 15 is 0 Å². The minimum atomic E-state index is -0.687. The molecule has 0 saturated carbocycles. The van der Waals surface area contributed by atoms with Crippen LogP contribution in [0.5, 0.6) is 23.0 Å². The van der Waals surface area contributed by atoms with Crippen LogP contribution in [0, 0.1) is 6.92 Å². The third-order valence-corrected chi connectivity index (χ3v) is 10.7. The zero-order valence-corrected chi connectivity index (χ0v) is 28.2. The maximum atomic E-state index is 10.9. The molecule has 9 aromatic rings. The van der Waals surface area contributed by atoms with Gasteiger partial charge in [-0.15, -0.1) is 11.3 Å². The molecule has 8 aromatic carbocycles. The Labute approximate surface area is 297 Å². The quantitative estimate of drug-likeness (QED) is 0.0819. The van der Waals surface area contributed by atoms with E-state index in [2.05, 4.69) is 132 Å². The van der Waals surface area contributed by atoms with Crippen LogP contribution in [0.4, 0.5) is 17.1 Å². The number of hydrogen-bond donors (Lipinski definition) is 4. The predicted molar refractivity (Wildman–Crippen MR) is 209 cm³/mol. The molecule has 0 bridgehead atoms. The number of aromatic nitrogens is 1. The third kappa shape index (κ3) is 4.81. The molecule has 4 N–H and O–H groups in total. The molecule has 0 unspecified atom stereocenters. The maximum Gasteiger partial charge on any atom is 0.201 e. The van der Waals surface area contributed by atoms with Crippen LogP contribution >= 0.6 is 11.3 Å². The predicted octanol–water partition coefficient (Wildman–Crippen LogP) is 11.7. The van der Waals surface area contributed by atoms with E-state index < -0.39 is 17.2 Å². The van der Waals surface area contributed by atoms with E-state index in [9.17, 15) is 20.4 Å². The number of anilines is 3. The number of fused-ring (bicyclic) bond motifs is 6. The van der Waals surface area contributed by atoms with E-state index in [0.29, 0.717) is 10.5 Å². The Morgan fingerprint density at radius 1 is 0.529 bits per heavy atom. The number of thiazole rings is 1. The highest BCUT2D eigenvalue weighted by atomic mass is 32.1. The average Bonchev–Trinajstić information content (AvgIpc) is 3.61. The highest BCUT2D eigenvalue weighted by Gasteiger charge is 2.25. The van der Waals surface area contributed by atoms with Gasteiger partial charge in [0, 0.05) is 27.6 Å². The Balaban J connectivity index is 1.25. The molecule has 1 heterocycles. The van der Waals surface area contributed by atoms with Crippen LogP contribution in [-0.2, 0) is 0 Å². The van der Waals surface area contributed by atoms with Gasteiger partial charge in [-0.3, -0.25) is 0 Å². The van der Waals surface area contributed by atoms with Crippen LogP contribution in [0.25, 0.3) is 64.2 Å². The topological polar surface area (TPSA) is 97.0 Å². The molecule has 9 rings (SSSR count). The van der Waals surface area contributed by atoms with Gasteiger partial charge in [0.25, 0.3) is 0 Å². The first-order chi connectivity index (χ1) is 24.9. The first-order valence-electron chi connectivity index (χ1n) is 16.5. The molecule has 0 amide bonds. The Morgan fingerprint density at radius 2 is 1.22 bits per heavy atom. The van der Waals surface area contributed by atoms with E-state index in [1.54, 1.807) is 0 Å². The second kappa shape index (κ2) is 11.8. The van der Waals surface area contributed by atoms with Crippen LogP contribution < -0.4 is 4.90 Å². The summed E-state index contributed by atoms with van der Waals surface area (Å²) in [6.07, 6.45) is 0. The lowest BCUT2D eigenvalue weighted by Gasteiger charge is -2.29. The number of para-hydroxylation sites is 2. The van der Waals surface area contributed by atoms with Crippen molar-refractivity contribution in [1.29, 1.82) is 0 Å². The summed E-state index contributed by atoms with van der Waals surface area (Å²) in [4.78, 5) is 7.19. The van der Waals surface area contributed by atoms with Gasteiger partial charge in [0.2, 0.25) is 5.75 Å². The van der Waals surface area contributed by atoms with Crippen molar-refractivity contribution in [2.75, 3.05) is 4.90 Å². The van der Waals surface area contributed by atoms with E-state index in [4.69, 9.17) is 4.98 Å². The molecule has 0 aliphatic rings. The van der Waals surface area contributed by atoms with Gasteiger partial charge in [0.15, 0.2) is 11.5 Å². The summed E-state index contributed by atoms with van der Waals surface area (Å²) in [5.41, 5.74) is 6.12. The fourth-order valence-corrected chi connectivity index (χ4v) is 8.16. The van der Waals surface area contributed by atoms with Gasteiger partial charge in [0.05, 0.1) is 27.2 Å². The maximum absolute atomic E-state index is 10.9. The summed E-state index contributed by atoms with van der Waals surface area (Å²) in [5.74, 6) is -2.19. The molecule has 0 saturated heterocycles. The summed E-state index contributed by atoms with van der Waals surface area (Å²) >= 11 is 1.29. The number of aromatic hydroxyl groups is 4. The van der Waals surface area contributed by atoms with Crippen LogP contribution in [0.2, 0.25) is 0 Å². The number of nitrogens with zero attached hydrogens (tertiary/aromatic N) is 2. The fraction of sp³-hybridized carbons (Fsp3) is 0.0227. The zero-order chi connectivity index (χ0) is 34.8. The van der Waals surface area contributed by atoms with Crippen LogP contribution in [0.15, 0.2) is 140 Å². The second-order valence-electron chi connectivity index (χ2n) is 12.6. The van der Waals surface area contributed by atoms with Gasteiger partial charge in [0.1, 0.15) is 10.8 Å². The number of phenols is 4. The van der Waals surface area contributed by atoms with Crippen molar-refractivity contribution in [2.45, 2.75) is 6.92 Å². The first-order valence-corrected chi connectivity index (χ1v) is 17.4. The fourth-order valence-electron chi connectivity index (χ4n) is 7.13. The summed E-state index contributed by atoms with van der Waals surface area (Å²) in [6.45, 7) is 1.47. The van der Waals surface area contributed by atoms with Crippen molar-refractivity contribution < 1.29 is 20.4 Å². The van der Waals surface area contributed by atoms with Crippen LogP contribution in [-0.4, -0.2) is 25.4 Å². The van der Waals surface area contributed by atoms with Gasteiger partial charge in [-0.25, -0.2) is 4.98 Å². The zero-order valence-electron chi connectivity index (χ0n) is 27.4. The highest BCUT2D eigenvalue weighted by molar-refractivity contribution is 7.21. The van der Waals surface area contributed by atoms with E-state index in [1.807, 2.05) is 12.1 Å². The van der Waals surface area contributed by atoms with Crippen molar-refractivity contribution in [2.24, 2.45) is 0 Å². The van der Waals surface area contributed by atoms with Gasteiger partial charge in [-0.05, 0) is 70.4 Å². The summed E-state index contributed by atoms with van der Waals surface area (Å²) < 4.78 is 0.854. The molecule has 1 aromatic heterocycles. The van der Waals surface area contributed by atoms with Crippen LogP contribution in [0.1, 0.15) is 5.56 Å². The molecule has 0 atom stereocenters. The molecule has 0 aliphatic carbocycles. The number of benzene rings is 8. The number of rotatable bonds is 5. The molecule has 0 fully saturated rings. The van der Waals surface area contributed by atoms with Crippen molar-refractivity contribution in [1.82, 2.24) is 4.98 Å². The Hall–Kier alpha value is -6.57. The van der Waals surface area contributed by atoms with Crippen molar-refractivity contribution in [3.8, 4) is 44.7 Å². The molecule has 0 spiro atoms. The lowest BCUT2D eigenvalue weighted by atomic mass is 9.97. The normalized spacial score (nSPS) is 11.5. The monoisotopic (exact) mass is 682 g/mol. The van der Waals surface area contributed by atoms with Gasteiger partial charge < -0.3 is 25.3 Å². The van der Waals surface area contributed by atoms with Gasteiger partial charge in [-0.1, -0.05) is 103 Å². The molecule has 51 heavy (non-hydrogen) atoms. The molecule has 0 aliphatic heterocycles. The molecule has 6 nitrogen and oxygen atoms in total. The summed E-state index contributed by atoms with van der Waals surface area (Å²) in [5, 5.41) is 48.8. The Morgan fingerprint density at radius 3 is 2.06 bits per heavy atom. The van der Waals surface area contributed by atoms with E-state index in [-0.39, 0.29) is 16.9 Å². The minimum absolute atomic E-state index is 0.0104.